The molecule has 0 unspecified atom stereocenters. The number of hydrogen-bond acceptors (Lipinski definition) is 0. The highest BCUT2D eigenvalue weighted by Gasteiger charge is 2.16. The van der Waals surface area contributed by atoms with Gasteiger partial charge in [0.15, 0.2) is 11.6 Å². The molecule has 174 valence electrons. The van der Waals surface area contributed by atoms with E-state index in [-0.39, 0.29) is 16.9 Å². The summed E-state index contributed by atoms with van der Waals surface area (Å²) in [6, 6.07) is 23.6. The molecule has 0 spiro atoms. The maximum atomic E-state index is 15.0. The van der Waals surface area contributed by atoms with Crippen molar-refractivity contribution in [3.8, 4) is 22.3 Å². The highest BCUT2D eigenvalue weighted by Crippen LogP contribution is 2.32. The molecule has 3 heteroatoms. The van der Waals surface area contributed by atoms with Crippen molar-refractivity contribution in [3.05, 3.63) is 119 Å². The third-order valence-corrected chi connectivity index (χ3v) is 6.36. The number of hydrogen-bond donors (Lipinski definition) is 0. The van der Waals surface area contributed by atoms with E-state index in [0.717, 1.165) is 36.0 Å². The summed E-state index contributed by atoms with van der Waals surface area (Å²) in [6.45, 7) is 4.13. The summed E-state index contributed by atoms with van der Waals surface area (Å²) in [5.74, 6) is -1.85. The second-order valence-corrected chi connectivity index (χ2v) is 8.71. The first kappa shape index (κ1) is 23.8. The molecule has 34 heavy (non-hydrogen) atoms. The lowest BCUT2D eigenvalue weighted by Gasteiger charge is -2.11. The van der Waals surface area contributed by atoms with Crippen molar-refractivity contribution in [3.63, 3.8) is 0 Å². The first-order chi connectivity index (χ1) is 16.5. The molecule has 0 N–H and O–H groups in total. The van der Waals surface area contributed by atoms with Gasteiger partial charge in [0, 0.05) is 11.1 Å². The maximum absolute atomic E-state index is 15.0. The largest absolute Gasteiger partial charge is 0.207 e. The molecule has 0 saturated carbocycles. The Morgan fingerprint density at radius 2 is 1.06 bits per heavy atom. The lowest BCUT2D eigenvalue weighted by Crippen LogP contribution is -1.97. The Morgan fingerprint density at radius 3 is 1.56 bits per heavy atom. The third kappa shape index (κ3) is 5.25. The highest BCUT2D eigenvalue weighted by atomic mass is 19.2. The topological polar surface area (TPSA) is 0 Å². The number of aryl methyl sites for hydroxylation is 4. The molecule has 0 aliphatic carbocycles. The second kappa shape index (κ2) is 10.7. The number of benzene rings is 4. The summed E-state index contributed by atoms with van der Waals surface area (Å²) in [5.41, 5.74) is 5.65. The van der Waals surface area contributed by atoms with Crippen LogP contribution < -0.4 is 0 Å². The summed E-state index contributed by atoms with van der Waals surface area (Å²) in [7, 11) is 0. The van der Waals surface area contributed by atoms with Crippen LogP contribution in [0.15, 0.2) is 78.9 Å². The Kier molecular flexibility index (Phi) is 7.52. The molecule has 4 rings (SSSR count). The van der Waals surface area contributed by atoms with E-state index in [1.807, 2.05) is 48.5 Å². The molecule has 0 saturated heterocycles. The van der Waals surface area contributed by atoms with Gasteiger partial charge in [0.05, 0.1) is 0 Å². The van der Waals surface area contributed by atoms with E-state index in [2.05, 4.69) is 13.8 Å². The summed E-state index contributed by atoms with van der Waals surface area (Å²) in [5, 5.41) is 0. The standard InChI is InChI=1S/C31H29F3/c1-3-5-23-11-17-26(29(32)20-23)16-10-22-8-14-25(15-9-22)28-19-18-27(30(33)31(28)34)24-12-6-21(4-2)7-13-24/h6-9,11-15,17-20H,3-5,10,16H2,1-2H3. The van der Waals surface area contributed by atoms with Gasteiger partial charge in [-0.3, -0.25) is 0 Å². The molecular formula is C31H29F3. The number of halogens is 3. The molecule has 0 nitrogen and oxygen atoms in total. The van der Waals surface area contributed by atoms with Gasteiger partial charge in [-0.2, -0.15) is 0 Å². The van der Waals surface area contributed by atoms with Gasteiger partial charge in [0.25, 0.3) is 0 Å². The number of rotatable bonds is 8. The molecule has 0 aliphatic heterocycles. The SMILES string of the molecule is CCCc1ccc(CCc2ccc(-c3ccc(-c4ccc(CC)cc4)c(F)c3F)cc2)c(F)c1. The van der Waals surface area contributed by atoms with Crippen LogP contribution in [0.3, 0.4) is 0 Å². The minimum absolute atomic E-state index is 0.162. The van der Waals surface area contributed by atoms with Crippen LogP contribution in [0.2, 0.25) is 0 Å². The fourth-order valence-electron chi connectivity index (χ4n) is 4.28. The highest BCUT2D eigenvalue weighted by molar-refractivity contribution is 5.72. The molecule has 0 aromatic heterocycles. The molecule has 0 radical (unpaired) electrons. The minimum Gasteiger partial charge on any atom is -0.207 e. The molecule has 0 amide bonds. The quantitative estimate of drug-likeness (QED) is 0.248. The van der Waals surface area contributed by atoms with Gasteiger partial charge in [0.1, 0.15) is 5.82 Å². The molecular weight excluding hydrogens is 429 g/mol. The minimum atomic E-state index is -0.848. The molecule has 4 aromatic carbocycles. The molecule has 4 aromatic rings. The van der Waals surface area contributed by atoms with Gasteiger partial charge in [-0.15, -0.1) is 0 Å². The van der Waals surface area contributed by atoms with Crippen LogP contribution in [0.4, 0.5) is 13.2 Å². The smallest absolute Gasteiger partial charge is 0.167 e. The van der Waals surface area contributed by atoms with E-state index in [0.29, 0.717) is 29.5 Å². The molecule has 0 bridgehead atoms. The van der Waals surface area contributed by atoms with Crippen LogP contribution in [-0.2, 0) is 25.7 Å². The molecule has 0 aliphatic rings. The zero-order valence-electron chi connectivity index (χ0n) is 19.7. The van der Waals surface area contributed by atoms with Crippen LogP contribution in [0.25, 0.3) is 22.3 Å². The molecule has 0 fully saturated rings. The van der Waals surface area contributed by atoms with E-state index < -0.39 is 11.6 Å². The van der Waals surface area contributed by atoms with Gasteiger partial charge >= 0.3 is 0 Å². The first-order valence-corrected chi connectivity index (χ1v) is 11.9. The molecule has 0 heterocycles. The second-order valence-electron chi connectivity index (χ2n) is 8.71. The van der Waals surface area contributed by atoms with Crippen molar-refractivity contribution in [2.75, 3.05) is 0 Å². The van der Waals surface area contributed by atoms with Crippen LogP contribution in [0.5, 0.6) is 0 Å². The zero-order valence-corrected chi connectivity index (χ0v) is 19.7. The monoisotopic (exact) mass is 458 g/mol. The zero-order chi connectivity index (χ0) is 24.1. The van der Waals surface area contributed by atoms with Crippen LogP contribution >= 0.6 is 0 Å². The van der Waals surface area contributed by atoms with E-state index in [1.165, 1.54) is 0 Å². The maximum Gasteiger partial charge on any atom is 0.167 e. The van der Waals surface area contributed by atoms with Crippen molar-refractivity contribution < 1.29 is 13.2 Å². The predicted octanol–water partition coefficient (Wildman–Crippen LogP) is 8.74. The van der Waals surface area contributed by atoms with Gasteiger partial charge < -0.3 is 0 Å². The van der Waals surface area contributed by atoms with Crippen molar-refractivity contribution in [2.45, 2.75) is 46.0 Å². The Balaban J connectivity index is 1.48. The Bertz CT molecular complexity index is 1260. The fraction of sp³-hybridized carbons (Fsp3) is 0.226. The van der Waals surface area contributed by atoms with Crippen molar-refractivity contribution in [1.29, 1.82) is 0 Å². The van der Waals surface area contributed by atoms with Crippen LogP contribution in [-0.4, -0.2) is 0 Å². The van der Waals surface area contributed by atoms with Gasteiger partial charge in [-0.05, 0) is 65.1 Å². The lowest BCUT2D eigenvalue weighted by atomic mass is 9.96. The van der Waals surface area contributed by atoms with E-state index in [1.54, 1.807) is 30.3 Å². The molecule has 0 atom stereocenters. The Hall–Kier alpha value is -3.33. The summed E-state index contributed by atoms with van der Waals surface area (Å²) >= 11 is 0. The third-order valence-electron chi connectivity index (χ3n) is 6.36. The van der Waals surface area contributed by atoms with Crippen molar-refractivity contribution in [2.24, 2.45) is 0 Å². The first-order valence-electron chi connectivity index (χ1n) is 11.9. The normalized spacial score (nSPS) is 11.1. The van der Waals surface area contributed by atoms with Gasteiger partial charge in [-0.25, -0.2) is 13.2 Å². The van der Waals surface area contributed by atoms with E-state index >= 15 is 0 Å². The summed E-state index contributed by atoms with van der Waals surface area (Å²) < 4.78 is 44.2. The Labute approximate surface area is 200 Å². The van der Waals surface area contributed by atoms with Crippen molar-refractivity contribution >= 4 is 0 Å². The average Bonchev–Trinajstić information content (AvgIpc) is 2.86. The van der Waals surface area contributed by atoms with E-state index in [9.17, 15) is 13.2 Å². The van der Waals surface area contributed by atoms with Crippen LogP contribution in [0, 0.1) is 17.5 Å². The average molecular weight is 459 g/mol. The van der Waals surface area contributed by atoms with Gasteiger partial charge in [0.2, 0.25) is 0 Å². The fourth-order valence-corrected chi connectivity index (χ4v) is 4.28. The van der Waals surface area contributed by atoms with Gasteiger partial charge in [-0.1, -0.05) is 93.1 Å². The lowest BCUT2D eigenvalue weighted by molar-refractivity contribution is 0.514. The predicted molar refractivity (Wildman–Crippen MR) is 134 cm³/mol. The van der Waals surface area contributed by atoms with E-state index in [4.69, 9.17) is 0 Å². The van der Waals surface area contributed by atoms with Crippen molar-refractivity contribution in [1.82, 2.24) is 0 Å². The summed E-state index contributed by atoms with van der Waals surface area (Å²) in [6.07, 6.45) is 4.03. The van der Waals surface area contributed by atoms with Crippen LogP contribution in [0.1, 0.15) is 42.5 Å². The summed E-state index contributed by atoms with van der Waals surface area (Å²) in [4.78, 5) is 0. The Morgan fingerprint density at radius 1 is 0.529 bits per heavy atom.